The molecule has 1 heterocycles. The average molecular weight is 282 g/mol. The van der Waals surface area contributed by atoms with Gasteiger partial charge in [0.2, 0.25) is 5.91 Å². The van der Waals surface area contributed by atoms with Crippen molar-refractivity contribution < 1.29 is 14.6 Å². The summed E-state index contributed by atoms with van der Waals surface area (Å²) >= 11 is 0. The van der Waals surface area contributed by atoms with Crippen LogP contribution in [-0.4, -0.2) is 61.9 Å². The molecule has 1 amide bonds. The maximum Gasteiger partial charge on any atom is 0.243 e. The quantitative estimate of drug-likeness (QED) is 0.698. The van der Waals surface area contributed by atoms with Crippen LogP contribution in [0.2, 0.25) is 0 Å². The Morgan fingerprint density at radius 3 is 2.50 bits per heavy atom. The van der Waals surface area contributed by atoms with Crippen LogP contribution in [0.1, 0.15) is 25.7 Å². The average Bonchev–Trinajstić information content (AvgIpc) is 3.18. The summed E-state index contributed by atoms with van der Waals surface area (Å²) in [5.41, 5.74) is -0.784. The molecule has 2 aliphatic rings. The fraction of sp³-hybridized carbons (Fsp3) is 0.800. The maximum atomic E-state index is 11.8. The van der Waals surface area contributed by atoms with E-state index < -0.39 is 5.60 Å². The molecule has 5 nitrogen and oxygen atoms in total. The van der Waals surface area contributed by atoms with Crippen molar-refractivity contribution in [2.75, 3.05) is 40.4 Å². The van der Waals surface area contributed by atoms with E-state index >= 15 is 0 Å². The molecule has 1 aliphatic heterocycles. The topological polar surface area (TPSA) is 61.8 Å². The molecule has 1 saturated carbocycles. The highest BCUT2D eigenvalue weighted by Crippen LogP contribution is 2.56. The predicted molar refractivity (Wildman–Crippen MR) is 77.4 cm³/mol. The molecule has 0 atom stereocenters. The zero-order valence-corrected chi connectivity index (χ0v) is 12.5. The first kappa shape index (κ1) is 15.5. The van der Waals surface area contributed by atoms with E-state index in [1.54, 1.807) is 6.08 Å². The van der Waals surface area contributed by atoms with Gasteiger partial charge in [-0.05, 0) is 26.9 Å². The Balaban J connectivity index is 1.81. The number of aliphatic hydroxyl groups is 1. The van der Waals surface area contributed by atoms with Gasteiger partial charge in [0, 0.05) is 50.6 Å². The number of carbonyl (C=O) groups is 1. The first-order valence-corrected chi connectivity index (χ1v) is 7.37. The second kappa shape index (κ2) is 6.24. The van der Waals surface area contributed by atoms with E-state index in [-0.39, 0.29) is 11.3 Å². The van der Waals surface area contributed by atoms with Crippen molar-refractivity contribution in [2.24, 2.45) is 5.41 Å². The molecule has 2 rings (SSSR count). The van der Waals surface area contributed by atoms with Crippen molar-refractivity contribution in [3.8, 4) is 0 Å². The van der Waals surface area contributed by atoms with Crippen LogP contribution in [0.3, 0.4) is 0 Å². The summed E-state index contributed by atoms with van der Waals surface area (Å²) in [6.07, 6.45) is 6.76. The van der Waals surface area contributed by atoms with Crippen molar-refractivity contribution in [1.29, 1.82) is 0 Å². The Morgan fingerprint density at radius 2 is 1.95 bits per heavy atom. The molecule has 5 heteroatoms. The standard InChI is InChI=1S/C15H26N2O3/c1-17(2)9-3-4-13(18)16-12-14(5-6-14)15(19)7-10-20-11-8-15/h3-4,19H,5-12H2,1-2H3,(H,16,18)/b4-3+. The smallest absolute Gasteiger partial charge is 0.243 e. The number of nitrogens with one attached hydrogen (secondary N) is 1. The summed E-state index contributed by atoms with van der Waals surface area (Å²) in [5, 5.41) is 13.7. The summed E-state index contributed by atoms with van der Waals surface area (Å²) in [7, 11) is 3.92. The molecule has 1 aliphatic carbocycles. The molecule has 114 valence electrons. The Hall–Kier alpha value is -0.910. The molecule has 0 aromatic carbocycles. The van der Waals surface area contributed by atoms with Crippen LogP contribution >= 0.6 is 0 Å². The number of hydrogen-bond acceptors (Lipinski definition) is 4. The SMILES string of the molecule is CN(C)C/C=C/C(=O)NCC1(C2(O)CCOCC2)CC1. The lowest BCUT2D eigenvalue weighted by molar-refractivity contribution is -0.121. The van der Waals surface area contributed by atoms with E-state index in [2.05, 4.69) is 5.32 Å². The third-order valence-electron chi connectivity index (χ3n) is 4.50. The molecule has 0 aromatic heterocycles. The van der Waals surface area contributed by atoms with Crippen LogP contribution in [-0.2, 0) is 9.53 Å². The molecule has 0 radical (unpaired) electrons. The highest BCUT2D eigenvalue weighted by atomic mass is 16.5. The van der Waals surface area contributed by atoms with Gasteiger partial charge in [-0.3, -0.25) is 4.79 Å². The number of nitrogens with zero attached hydrogens (tertiary/aromatic N) is 1. The highest BCUT2D eigenvalue weighted by Gasteiger charge is 2.58. The molecule has 2 N–H and O–H groups in total. The van der Waals surface area contributed by atoms with Crippen LogP contribution in [0.5, 0.6) is 0 Å². The minimum atomic E-state index is -0.661. The zero-order valence-electron chi connectivity index (χ0n) is 12.5. The molecule has 0 unspecified atom stereocenters. The third kappa shape index (κ3) is 3.59. The predicted octanol–water partition coefficient (Wildman–Crippen LogP) is 0.542. The van der Waals surface area contributed by atoms with E-state index in [1.165, 1.54) is 0 Å². The maximum absolute atomic E-state index is 11.8. The molecular formula is C15H26N2O3. The fourth-order valence-corrected chi connectivity index (χ4v) is 2.88. The van der Waals surface area contributed by atoms with E-state index in [1.807, 2.05) is 25.1 Å². The Morgan fingerprint density at radius 1 is 1.30 bits per heavy atom. The van der Waals surface area contributed by atoms with E-state index in [0.29, 0.717) is 32.6 Å². The lowest BCUT2D eigenvalue weighted by atomic mass is 9.78. The lowest BCUT2D eigenvalue weighted by Gasteiger charge is -2.39. The van der Waals surface area contributed by atoms with E-state index in [4.69, 9.17) is 4.74 Å². The summed E-state index contributed by atoms with van der Waals surface area (Å²) in [4.78, 5) is 13.8. The molecular weight excluding hydrogens is 256 g/mol. The normalized spacial score (nSPS) is 24.0. The Labute approximate surface area is 121 Å². The highest BCUT2D eigenvalue weighted by molar-refractivity contribution is 5.87. The van der Waals surface area contributed by atoms with Gasteiger partial charge in [0.15, 0.2) is 0 Å². The van der Waals surface area contributed by atoms with E-state index in [9.17, 15) is 9.90 Å². The largest absolute Gasteiger partial charge is 0.389 e. The monoisotopic (exact) mass is 282 g/mol. The van der Waals surface area contributed by atoms with Crippen LogP contribution in [0, 0.1) is 5.41 Å². The number of hydrogen-bond donors (Lipinski definition) is 2. The minimum Gasteiger partial charge on any atom is -0.389 e. The van der Waals surface area contributed by atoms with Crippen LogP contribution in [0.25, 0.3) is 0 Å². The summed E-state index contributed by atoms with van der Waals surface area (Å²) in [6, 6.07) is 0. The Kier molecular flexibility index (Phi) is 4.83. The van der Waals surface area contributed by atoms with Gasteiger partial charge in [-0.15, -0.1) is 0 Å². The summed E-state index contributed by atoms with van der Waals surface area (Å²) < 4.78 is 5.33. The molecule has 0 bridgehead atoms. The summed E-state index contributed by atoms with van der Waals surface area (Å²) in [6.45, 7) is 2.55. The van der Waals surface area contributed by atoms with Gasteiger partial charge in [-0.2, -0.15) is 0 Å². The molecule has 20 heavy (non-hydrogen) atoms. The van der Waals surface area contributed by atoms with E-state index in [0.717, 1.165) is 19.4 Å². The molecule has 1 saturated heterocycles. The van der Waals surface area contributed by atoms with Gasteiger partial charge in [0.1, 0.15) is 0 Å². The molecule has 2 fully saturated rings. The number of likely N-dealkylation sites (N-methyl/N-ethyl adjacent to an activating group) is 1. The van der Waals surface area contributed by atoms with Gasteiger partial charge in [-0.1, -0.05) is 6.08 Å². The number of amides is 1. The van der Waals surface area contributed by atoms with Crippen molar-refractivity contribution in [3.05, 3.63) is 12.2 Å². The van der Waals surface area contributed by atoms with Gasteiger partial charge >= 0.3 is 0 Å². The third-order valence-corrected chi connectivity index (χ3v) is 4.50. The van der Waals surface area contributed by atoms with Crippen LogP contribution < -0.4 is 5.32 Å². The van der Waals surface area contributed by atoms with Crippen LogP contribution in [0.15, 0.2) is 12.2 Å². The minimum absolute atomic E-state index is 0.0752. The van der Waals surface area contributed by atoms with Crippen LogP contribution in [0.4, 0.5) is 0 Å². The summed E-state index contributed by atoms with van der Waals surface area (Å²) in [5.74, 6) is -0.0752. The number of carbonyl (C=O) groups excluding carboxylic acids is 1. The molecule has 0 aromatic rings. The van der Waals surface area contributed by atoms with Gasteiger partial charge in [-0.25, -0.2) is 0 Å². The van der Waals surface area contributed by atoms with Crippen molar-refractivity contribution in [3.63, 3.8) is 0 Å². The molecule has 0 spiro atoms. The number of ether oxygens (including phenoxy) is 1. The fourth-order valence-electron chi connectivity index (χ4n) is 2.88. The van der Waals surface area contributed by atoms with Gasteiger partial charge in [0.05, 0.1) is 5.60 Å². The van der Waals surface area contributed by atoms with Gasteiger partial charge < -0.3 is 20.1 Å². The second-order valence-electron chi connectivity index (χ2n) is 6.31. The zero-order chi connectivity index (χ0) is 14.6. The van der Waals surface area contributed by atoms with Crippen molar-refractivity contribution in [1.82, 2.24) is 10.2 Å². The lowest BCUT2D eigenvalue weighted by Crippen LogP contribution is -2.49. The van der Waals surface area contributed by atoms with Gasteiger partial charge in [0.25, 0.3) is 0 Å². The van der Waals surface area contributed by atoms with Crippen molar-refractivity contribution >= 4 is 5.91 Å². The number of rotatable bonds is 6. The first-order chi connectivity index (χ1) is 9.47. The second-order valence-corrected chi connectivity index (χ2v) is 6.31. The Bertz CT molecular complexity index is 369. The van der Waals surface area contributed by atoms with Crippen molar-refractivity contribution in [2.45, 2.75) is 31.3 Å². The first-order valence-electron chi connectivity index (χ1n) is 7.37.